The third kappa shape index (κ3) is 1.56. The van der Waals surface area contributed by atoms with E-state index in [-0.39, 0.29) is 17.6 Å². The second-order valence-corrected chi connectivity index (χ2v) is 6.15. The van der Waals surface area contributed by atoms with Gasteiger partial charge >= 0.3 is 5.97 Å². The molecule has 0 N–H and O–H groups in total. The van der Waals surface area contributed by atoms with E-state index in [1.807, 2.05) is 36.4 Å². The van der Waals surface area contributed by atoms with Gasteiger partial charge in [-0.1, -0.05) is 48.5 Å². The Morgan fingerprint density at radius 1 is 1.09 bits per heavy atom. The summed E-state index contributed by atoms with van der Waals surface area (Å²) in [7, 11) is 0. The van der Waals surface area contributed by atoms with Crippen molar-refractivity contribution in [2.45, 2.75) is 25.2 Å². The molecule has 1 saturated carbocycles. The molecule has 0 bridgehead atoms. The second kappa shape index (κ2) is 4.54. The molecule has 1 aliphatic heterocycles. The van der Waals surface area contributed by atoms with Gasteiger partial charge in [-0.3, -0.25) is 9.59 Å². The SMILES string of the molecule is CC(=O)[C@]12C[C@H](c3ccccc3)[C@H]1c1ccccc1OC2=O. The van der Waals surface area contributed by atoms with E-state index in [0.29, 0.717) is 12.2 Å². The van der Waals surface area contributed by atoms with Crippen LogP contribution < -0.4 is 4.74 Å². The molecule has 3 nitrogen and oxygen atoms in total. The minimum absolute atomic E-state index is 0.0933. The van der Waals surface area contributed by atoms with Crippen LogP contribution in [0, 0.1) is 5.41 Å². The topological polar surface area (TPSA) is 43.4 Å². The highest BCUT2D eigenvalue weighted by atomic mass is 16.5. The quantitative estimate of drug-likeness (QED) is 0.484. The highest BCUT2D eigenvalue weighted by Crippen LogP contribution is 2.65. The predicted molar refractivity (Wildman–Crippen MR) is 81.7 cm³/mol. The Balaban J connectivity index is 1.87. The van der Waals surface area contributed by atoms with Crippen LogP contribution in [0.2, 0.25) is 0 Å². The first-order valence-electron chi connectivity index (χ1n) is 7.52. The molecule has 1 aliphatic carbocycles. The molecule has 0 aromatic heterocycles. The number of ketones is 1. The van der Waals surface area contributed by atoms with E-state index >= 15 is 0 Å². The zero-order chi connectivity index (χ0) is 15.3. The lowest BCUT2D eigenvalue weighted by molar-refractivity contribution is -0.164. The number of hydrogen-bond donors (Lipinski definition) is 0. The molecule has 3 heteroatoms. The summed E-state index contributed by atoms with van der Waals surface area (Å²) in [6, 6.07) is 17.7. The molecule has 0 radical (unpaired) electrons. The fraction of sp³-hybridized carbons (Fsp3) is 0.263. The maximum Gasteiger partial charge on any atom is 0.325 e. The molecular weight excluding hydrogens is 276 g/mol. The van der Waals surface area contributed by atoms with E-state index in [9.17, 15) is 9.59 Å². The van der Waals surface area contributed by atoms with Crippen LogP contribution in [0.3, 0.4) is 0 Å². The minimum atomic E-state index is -1.01. The van der Waals surface area contributed by atoms with E-state index in [4.69, 9.17) is 4.74 Å². The summed E-state index contributed by atoms with van der Waals surface area (Å²) < 4.78 is 5.45. The van der Waals surface area contributed by atoms with Crippen LogP contribution in [0.15, 0.2) is 54.6 Å². The van der Waals surface area contributed by atoms with Crippen molar-refractivity contribution in [3.63, 3.8) is 0 Å². The zero-order valence-electron chi connectivity index (χ0n) is 12.3. The number of esters is 1. The summed E-state index contributed by atoms with van der Waals surface area (Å²) in [5.41, 5.74) is 1.14. The largest absolute Gasteiger partial charge is 0.425 e. The lowest BCUT2D eigenvalue weighted by atomic mass is 9.48. The number of hydrogen-bond acceptors (Lipinski definition) is 3. The average molecular weight is 292 g/mol. The lowest BCUT2D eigenvalue weighted by Gasteiger charge is -2.54. The van der Waals surface area contributed by atoms with Crippen LogP contribution in [-0.2, 0) is 9.59 Å². The molecule has 22 heavy (non-hydrogen) atoms. The van der Waals surface area contributed by atoms with E-state index < -0.39 is 11.4 Å². The first-order chi connectivity index (χ1) is 10.6. The molecule has 2 aromatic carbocycles. The molecule has 2 aliphatic rings. The number of ether oxygens (including phenoxy) is 1. The van der Waals surface area contributed by atoms with Crippen molar-refractivity contribution >= 4 is 11.8 Å². The summed E-state index contributed by atoms with van der Waals surface area (Å²) in [5.74, 6) is 0.166. The number of fused-ring (bicyclic) bond motifs is 3. The fourth-order valence-electron chi connectivity index (χ4n) is 4.01. The van der Waals surface area contributed by atoms with Gasteiger partial charge in [0.2, 0.25) is 0 Å². The van der Waals surface area contributed by atoms with Crippen LogP contribution in [0.5, 0.6) is 5.75 Å². The molecule has 1 fully saturated rings. The molecule has 0 unspecified atom stereocenters. The van der Waals surface area contributed by atoms with Gasteiger partial charge in [-0.2, -0.15) is 0 Å². The van der Waals surface area contributed by atoms with Crippen LogP contribution in [-0.4, -0.2) is 11.8 Å². The highest BCUT2D eigenvalue weighted by molar-refractivity contribution is 6.07. The van der Waals surface area contributed by atoms with Gasteiger partial charge in [-0.15, -0.1) is 0 Å². The Morgan fingerprint density at radius 2 is 1.77 bits per heavy atom. The summed E-state index contributed by atoms with van der Waals surface area (Å²) in [6.45, 7) is 1.50. The number of para-hydroxylation sites is 1. The molecule has 110 valence electrons. The van der Waals surface area contributed by atoms with Gasteiger partial charge in [0.25, 0.3) is 0 Å². The van der Waals surface area contributed by atoms with Gasteiger partial charge in [-0.25, -0.2) is 0 Å². The molecular formula is C19H16O3. The van der Waals surface area contributed by atoms with Gasteiger partial charge in [0.05, 0.1) is 0 Å². The third-order valence-corrected chi connectivity index (χ3v) is 5.15. The Kier molecular flexibility index (Phi) is 2.73. The minimum Gasteiger partial charge on any atom is -0.425 e. The standard InChI is InChI=1S/C19H16O3/c1-12(20)19-11-15(13-7-3-2-4-8-13)17(19)14-9-5-6-10-16(14)22-18(19)21/h2-10,15,17H,11H2,1H3/t15-,17-,19-/m1/s1. The first-order valence-corrected chi connectivity index (χ1v) is 7.52. The van der Waals surface area contributed by atoms with Gasteiger partial charge < -0.3 is 4.74 Å². The van der Waals surface area contributed by atoms with Crippen LogP contribution >= 0.6 is 0 Å². The average Bonchev–Trinajstić information content (AvgIpc) is 2.48. The third-order valence-electron chi connectivity index (χ3n) is 5.15. The van der Waals surface area contributed by atoms with Crippen molar-refractivity contribution in [2.75, 3.05) is 0 Å². The molecule has 0 spiro atoms. The summed E-state index contributed by atoms with van der Waals surface area (Å²) >= 11 is 0. The Morgan fingerprint density at radius 3 is 2.50 bits per heavy atom. The number of carbonyl (C=O) groups is 2. The number of rotatable bonds is 2. The molecule has 1 heterocycles. The van der Waals surface area contributed by atoms with E-state index in [1.54, 1.807) is 6.07 Å². The van der Waals surface area contributed by atoms with Crippen LogP contribution in [0.4, 0.5) is 0 Å². The van der Waals surface area contributed by atoms with Crippen molar-refractivity contribution < 1.29 is 14.3 Å². The van der Waals surface area contributed by atoms with E-state index in [0.717, 1.165) is 5.56 Å². The summed E-state index contributed by atoms with van der Waals surface area (Å²) in [4.78, 5) is 24.8. The highest BCUT2D eigenvalue weighted by Gasteiger charge is 2.66. The van der Waals surface area contributed by atoms with Crippen molar-refractivity contribution in [3.8, 4) is 5.75 Å². The first kappa shape index (κ1) is 13.3. The van der Waals surface area contributed by atoms with Crippen LogP contribution in [0.25, 0.3) is 0 Å². The van der Waals surface area contributed by atoms with Crippen molar-refractivity contribution in [1.82, 2.24) is 0 Å². The Hall–Kier alpha value is -2.42. The van der Waals surface area contributed by atoms with Crippen LogP contribution in [0.1, 0.15) is 36.3 Å². The van der Waals surface area contributed by atoms with Gasteiger partial charge in [0.15, 0.2) is 0 Å². The van der Waals surface area contributed by atoms with Gasteiger partial charge in [0, 0.05) is 11.5 Å². The molecule has 0 saturated heterocycles. The Bertz CT molecular complexity index is 765. The summed E-state index contributed by atoms with van der Waals surface area (Å²) in [6.07, 6.45) is 0.532. The van der Waals surface area contributed by atoms with Gasteiger partial charge in [0.1, 0.15) is 16.9 Å². The number of carbonyl (C=O) groups excluding carboxylic acids is 2. The Labute approximate surface area is 128 Å². The number of benzene rings is 2. The van der Waals surface area contributed by atoms with Crippen molar-refractivity contribution in [2.24, 2.45) is 5.41 Å². The van der Waals surface area contributed by atoms with Gasteiger partial charge in [-0.05, 0) is 30.9 Å². The molecule has 0 amide bonds. The number of Topliss-reactive ketones (excluding diaryl/α,β-unsaturated/α-hetero) is 1. The van der Waals surface area contributed by atoms with E-state index in [2.05, 4.69) is 12.1 Å². The smallest absolute Gasteiger partial charge is 0.325 e. The lowest BCUT2D eigenvalue weighted by Crippen LogP contribution is -2.58. The normalized spacial score (nSPS) is 28.9. The molecule has 2 aromatic rings. The van der Waals surface area contributed by atoms with Crippen molar-refractivity contribution in [3.05, 3.63) is 65.7 Å². The predicted octanol–water partition coefficient (Wildman–Crippen LogP) is 3.45. The summed E-state index contributed by atoms with van der Waals surface area (Å²) in [5, 5.41) is 0. The zero-order valence-corrected chi connectivity index (χ0v) is 12.3. The van der Waals surface area contributed by atoms with Crippen molar-refractivity contribution in [1.29, 1.82) is 0 Å². The molecule has 4 rings (SSSR count). The maximum absolute atomic E-state index is 12.5. The monoisotopic (exact) mass is 292 g/mol. The second-order valence-electron chi connectivity index (χ2n) is 6.15. The fourth-order valence-corrected chi connectivity index (χ4v) is 4.01. The molecule has 3 atom stereocenters. The van der Waals surface area contributed by atoms with E-state index in [1.165, 1.54) is 12.5 Å². The maximum atomic E-state index is 12.5.